The molecule has 0 spiro atoms. The normalized spacial score (nSPS) is 49.7. The van der Waals surface area contributed by atoms with Gasteiger partial charge in [-0.05, 0) is 102 Å². The minimum absolute atomic E-state index is 0.0721. The van der Waals surface area contributed by atoms with E-state index in [-0.39, 0.29) is 29.5 Å². The number of aliphatic hydroxyl groups is 5. The summed E-state index contributed by atoms with van der Waals surface area (Å²) in [5.74, 6) is -0.268. The maximum absolute atomic E-state index is 13.3. The van der Waals surface area contributed by atoms with Gasteiger partial charge >= 0.3 is 0 Å². The average molecular weight is 467 g/mol. The van der Waals surface area contributed by atoms with Crippen molar-refractivity contribution >= 4 is 5.78 Å². The summed E-state index contributed by atoms with van der Waals surface area (Å²) < 4.78 is 0. The van der Waals surface area contributed by atoms with Gasteiger partial charge in [0, 0.05) is 17.8 Å². The Balaban J connectivity index is 1.59. The van der Waals surface area contributed by atoms with Crippen molar-refractivity contribution in [3.63, 3.8) is 0 Å². The van der Waals surface area contributed by atoms with Crippen molar-refractivity contribution in [2.24, 2.45) is 34.5 Å². The van der Waals surface area contributed by atoms with Crippen molar-refractivity contribution in [2.45, 2.75) is 128 Å². The number of aliphatic hydroxyl groups excluding tert-OH is 2. The number of hydrogen-bond acceptors (Lipinski definition) is 6. The Kier molecular flexibility index (Phi) is 6.19. The van der Waals surface area contributed by atoms with E-state index in [1.54, 1.807) is 13.8 Å². The molecule has 4 rings (SSSR count). The number of fused-ring (bicyclic) bond motifs is 5. The maximum atomic E-state index is 13.3. The lowest BCUT2D eigenvalue weighted by Gasteiger charge is -2.63. The topological polar surface area (TPSA) is 118 Å². The molecule has 4 aliphatic rings. The fourth-order valence-corrected chi connectivity index (χ4v) is 9.07. The third-order valence-corrected chi connectivity index (χ3v) is 10.9. The van der Waals surface area contributed by atoms with Gasteiger partial charge in [-0.25, -0.2) is 0 Å². The lowest BCUT2D eigenvalue weighted by Crippen LogP contribution is -2.66. The molecule has 0 aromatic carbocycles. The van der Waals surface area contributed by atoms with E-state index in [1.165, 1.54) is 0 Å². The van der Waals surface area contributed by atoms with Gasteiger partial charge in [0.05, 0.1) is 29.0 Å². The summed E-state index contributed by atoms with van der Waals surface area (Å²) >= 11 is 0. The van der Waals surface area contributed by atoms with Gasteiger partial charge < -0.3 is 25.5 Å². The minimum atomic E-state index is -1.02. The van der Waals surface area contributed by atoms with Crippen LogP contribution < -0.4 is 0 Å². The average Bonchev–Trinajstić information content (AvgIpc) is 2.95. The highest BCUT2D eigenvalue weighted by molar-refractivity contribution is 5.83. The highest BCUT2D eigenvalue weighted by Gasteiger charge is 2.70. The predicted molar refractivity (Wildman–Crippen MR) is 125 cm³/mol. The van der Waals surface area contributed by atoms with Gasteiger partial charge in [-0.3, -0.25) is 4.79 Å². The molecule has 190 valence electrons. The van der Waals surface area contributed by atoms with Crippen molar-refractivity contribution in [3.05, 3.63) is 0 Å². The molecule has 0 saturated heterocycles. The van der Waals surface area contributed by atoms with E-state index >= 15 is 0 Å². The van der Waals surface area contributed by atoms with E-state index in [0.29, 0.717) is 44.9 Å². The molecule has 0 aromatic heterocycles. The molecule has 0 bridgehead atoms. The molecule has 6 nitrogen and oxygen atoms in total. The fourth-order valence-electron chi connectivity index (χ4n) is 9.07. The molecule has 0 amide bonds. The summed E-state index contributed by atoms with van der Waals surface area (Å²) in [5.41, 5.74) is -3.63. The molecule has 5 N–H and O–H groups in total. The molecule has 0 aromatic rings. The second kappa shape index (κ2) is 7.99. The number of ketones is 1. The molecule has 6 heteroatoms. The lowest BCUT2D eigenvalue weighted by molar-refractivity contribution is -0.226. The number of Topliss-reactive ketones (excluding diaryl/α,β-unsaturated/α-hetero) is 1. The van der Waals surface area contributed by atoms with Crippen LogP contribution in [0.15, 0.2) is 0 Å². The van der Waals surface area contributed by atoms with Crippen LogP contribution in [0.1, 0.15) is 98.8 Å². The summed E-state index contributed by atoms with van der Waals surface area (Å²) in [6, 6.07) is 0. The van der Waals surface area contributed by atoms with Crippen LogP contribution in [-0.4, -0.2) is 60.3 Å². The van der Waals surface area contributed by atoms with E-state index in [2.05, 4.69) is 13.8 Å². The zero-order valence-electron chi connectivity index (χ0n) is 21.2. The molecule has 10 atom stereocenters. The van der Waals surface area contributed by atoms with Gasteiger partial charge in [0.2, 0.25) is 0 Å². The number of rotatable bonds is 5. The zero-order valence-corrected chi connectivity index (χ0v) is 21.2. The smallest absolute Gasteiger partial charge is 0.137 e. The molecule has 8 unspecified atom stereocenters. The summed E-state index contributed by atoms with van der Waals surface area (Å²) in [6.45, 7) is 9.66. The van der Waals surface area contributed by atoms with Crippen LogP contribution in [0, 0.1) is 34.5 Å². The van der Waals surface area contributed by atoms with Crippen LogP contribution in [0.4, 0.5) is 0 Å². The van der Waals surface area contributed by atoms with Crippen LogP contribution >= 0.6 is 0 Å². The van der Waals surface area contributed by atoms with Crippen LogP contribution in [0.5, 0.6) is 0 Å². The predicted octanol–water partition coefficient (Wildman–Crippen LogP) is 2.96. The molecule has 0 heterocycles. The van der Waals surface area contributed by atoms with Gasteiger partial charge in [-0.2, -0.15) is 0 Å². The van der Waals surface area contributed by atoms with Gasteiger partial charge in [0.1, 0.15) is 5.78 Å². The van der Waals surface area contributed by atoms with Crippen molar-refractivity contribution in [3.8, 4) is 0 Å². The van der Waals surface area contributed by atoms with E-state index in [1.807, 2.05) is 6.92 Å². The van der Waals surface area contributed by atoms with Crippen LogP contribution in [0.3, 0.4) is 0 Å². The van der Waals surface area contributed by atoms with E-state index in [9.17, 15) is 30.3 Å². The Bertz CT molecular complexity index is 773. The fraction of sp³-hybridized carbons (Fsp3) is 0.963. The van der Waals surface area contributed by atoms with Crippen molar-refractivity contribution in [1.82, 2.24) is 0 Å². The van der Waals surface area contributed by atoms with Crippen LogP contribution in [-0.2, 0) is 4.79 Å². The standard InChI is InChI=1S/C27H46O6/c1-23(2,31)9-6-10-26(5,32)22-8-12-27(33)17-13-19(28)18-14-20(29)21(30)15-24(18,3)16(17)7-11-25(22,27)4/h16-18,20-22,29-33H,6-15H2,1-5H3/t16?,17?,18?,20?,21?,22?,24?,25?,26-,27+/m0/s1. The SMILES string of the molecule is CC(C)(O)CCC[C@](C)(O)C1CC[C@@]2(O)C3CC(=O)C4CC(O)C(O)CC4(C)C3CCC12C. The van der Waals surface area contributed by atoms with Crippen molar-refractivity contribution in [1.29, 1.82) is 0 Å². The van der Waals surface area contributed by atoms with Crippen LogP contribution in [0.25, 0.3) is 0 Å². The zero-order chi connectivity index (χ0) is 24.6. The number of carbonyl (C=O) groups is 1. The Morgan fingerprint density at radius 3 is 2.27 bits per heavy atom. The molecule has 4 fully saturated rings. The minimum Gasteiger partial charge on any atom is -0.390 e. The first-order valence-corrected chi connectivity index (χ1v) is 13.1. The summed E-state index contributed by atoms with van der Waals surface area (Å²) in [6.07, 6.45) is 4.22. The quantitative estimate of drug-likeness (QED) is 0.425. The second-order valence-electron chi connectivity index (χ2n) is 13.5. The third kappa shape index (κ3) is 3.92. The monoisotopic (exact) mass is 466 g/mol. The first-order chi connectivity index (χ1) is 15.1. The highest BCUT2D eigenvalue weighted by Crippen LogP contribution is 2.69. The molecular weight excluding hydrogens is 420 g/mol. The maximum Gasteiger partial charge on any atom is 0.137 e. The van der Waals surface area contributed by atoms with Crippen LogP contribution in [0.2, 0.25) is 0 Å². The lowest BCUT2D eigenvalue weighted by atomic mass is 9.42. The molecule has 0 radical (unpaired) electrons. The van der Waals surface area contributed by atoms with Crippen molar-refractivity contribution < 1.29 is 30.3 Å². The van der Waals surface area contributed by atoms with Gasteiger partial charge in [-0.1, -0.05) is 13.8 Å². The highest BCUT2D eigenvalue weighted by atomic mass is 16.3. The van der Waals surface area contributed by atoms with Gasteiger partial charge in [0.15, 0.2) is 0 Å². The summed E-state index contributed by atoms with van der Waals surface area (Å²) in [5, 5.41) is 54.6. The van der Waals surface area contributed by atoms with Gasteiger partial charge in [0.25, 0.3) is 0 Å². The Morgan fingerprint density at radius 1 is 0.970 bits per heavy atom. The van der Waals surface area contributed by atoms with Gasteiger partial charge in [-0.15, -0.1) is 0 Å². The van der Waals surface area contributed by atoms with E-state index in [4.69, 9.17) is 0 Å². The first-order valence-electron chi connectivity index (χ1n) is 13.1. The van der Waals surface area contributed by atoms with Crippen molar-refractivity contribution in [2.75, 3.05) is 0 Å². The first kappa shape index (κ1) is 25.6. The molecule has 33 heavy (non-hydrogen) atoms. The molecule has 4 aliphatic carbocycles. The summed E-state index contributed by atoms with van der Waals surface area (Å²) in [7, 11) is 0. The third-order valence-electron chi connectivity index (χ3n) is 10.9. The molecular formula is C27H46O6. The van der Waals surface area contributed by atoms with E-state index < -0.39 is 39.8 Å². The largest absolute Gasteiger partial charge is 0.390 e. The van der Waals surface area contributed by atoms with E-state index in [0.717, 1.165) is 19.3 Å². The Morgan fingerprint density at radius 2 is 1.64 bits per heavy atom. The molecule has 4 saturated carbocycles. The summed E-state index contributed by atoms with van der Waals surface area (Å²) in [4.78, 5) is 13.3. The number of hydrogen-bond donors (Lipinski definition) is 5. The number of carbonyl (C=O) groups excluding carboxylic acids is 1. The second-order valence-corrected chi connectivity index (χ2v) is 13.5. The molecule has 0 aliphatic heterocycles. The Labute approximate surface area is 198 Å². The Hall–Kier alpha value is -0.530.